The van der Waals surface area contributed by atoms with Gasteiger partial charge >= 0.3 is 0 Å². The molecule has 0 atom stereocenters. The van der Waals surface area contributed by atoms with Crippen LogP contribution in [0.25, 0.3) is 10.9 Å². The average Bonchev–Trinajstić information content (AvgIpc) is 3.32. The number of hydrogen-bond acceptors (Lipinski definition) is 5. The molecular formula is C28H35ClN4O3. The second-order valence-corrected chi connectivity index (χ2v) is 10.3. The molecule has 1 amide bonds. The van der Waals surface area contributed by atoms with E-state index in [1.807, 2.05) is 30.8 Å². The van der Waals surface area contributed by atoms with Gasteiger partial charge in [0.2, 0.25) is 5.78 Å². The average molecular weight is 511 g/mol. The van der Waals surface area contributed by atoms with Crippen molar-refractivity contribution in [2.45, 2.75) is 64.5 Å². The zero-order valence-corrected chi connectivity index (χ0v) is 21.8. The van der Waals surface area contributed by atoms with Crippen LogP contribution in [-0.4, -0.2) is 52.1 Å². The summed E-state index contributed by atoms with van der Waals surface area (Å²) in [5, 5.41) is 5.94. The Kier molecular flexibility index (Phi) is 8.64. The van der Waals surface area contributed by atoms with Crippen LogP contribution in [0, 0.1) is 0 Å². The Labute approximate surface area is 217 Å². The number of carbonyl (C=O) groups excluding carboxylic acids is 2. The van der Waals surface area contributed by atoms with Gasteiger partial charge < -0.3 is 15.4 Å². The molecule has 192 valence electrons. The predicted octanol–water partition coefficient (Wildman–Crippen LogP) is 5.19. The Morgan fingerprint density at radius 1 is 1.14 bits per heavy atom. The smallest absolute Gasteiger partial charge is 0.289 e. The summed E-state index contributed by atoms with van der Waals surface area (Å²) in [6, 6.07) is 11.4. The third-order valence-corrected chi connectivity index (χ3v) is 6.79. The molecule has 2 fully saturated rings. The minimum Gasteiger partial charge on any atom is -0.489 e. The first-order valence-electron chi connectivity index (χ1n) is 12.8. The highest BCUT2D eigenvalue weighted by molar-refractivity contribution is 6.42. The van der Waals surface area contributed by atoms with Gasteiger partial charge in [0, 0.05) is 23.2 Å². The van der Waals surface area contributed by atoms with Crippen LogP contribution in [0.3, 0.4) is 0 Å². The van der Waals surface area contributed by atoms with Gasteiger partial charge in [0.05, 0.1) is 16.6 Å². The lowest BCUT2D eigenvalue weighted by Crippen LogP contribution is -2.22. The lowest BCUT2D eigenvalue weighted by molar-refractivity contribution is -0.114. The van der Waals surface area contributed by atoms with Gasteiger partial charge in [0.15, 0.2) is 0 Å². The third kappa shape index (κ3) is 7.08. The maximum atomic E-state index is 11.4. The Hall–Kier alpha value is -2.90. The molecule has 1 aliphatic heterocycles. The number of nitrogens with two attached hydrogens (primary N) is 1. The molecule has 3 aromatic rings. The van der Waals surface area contributed by atoms with Crippen molar-refractivity contribution in [2.75, 3.05) is 19.6 Å². The number of halogens is 1. The highest BCUT2D eigenvalue weighted by atomic mass is 35.5. The third-order valence-electron chi connectivity index (χ3n) is 6.49. The Morgan fingerprint density at radius 3 is 2.53 bits per heavy atom. The van der Waals surface area contributed by atoms with Gasteiger partial charge in [-0.3, -0.25) is 14.3 Å². The van der Waals surface area contributed by atoms with Gasteiger partial charge in [0.25, 0.3) is 5.91 Å². The molecule has 36 heavy (non-hydrogen) atoms. The quantitative estimate of drug-likeness (QED) is 0.316. The number of ether oxygens (including phenoxy) is 1. The van der Waals surface area contributed by atoms with E-state index < -0.39 is 11.7 Å². The van der Waals surface area contributed by atoms with Crippen molar-refractivity contribution < 1.29 is 14.3 Å². The van der Waals surface area contributed by atoms with Gasteiger partial charge in [-0.1, -0.05) is 17.7 Å². The number of ketones is 1. The standard InChI is InChI=1S/C16H22ClNO.C12H13N3O2/c17-15-12-13(4-3-11-18-9-1-2-10-18)5-8-16(15)19-14-6-7-14;1-7(2)15-6-9-5-8(11(16)12(13)17)3-4-10(9)14-15/h5,8,12,14H,1-4,6-7,9-11H2;3-7H,1-2H3,(H2,13,17). The van der Waals surface area contributed by atoms with Crippen LogP contribution in [0.2, 0.25) is 5.02 Å². The van der Waals surface area contributed by atoms with Crippen LogP contribution in [0.4, 0.5) is 0 Å². The molecule has 2 aromatic carbocycles. The number of benzene rings is 2. The van der Waals surface area contributed by atoms with Crippen molar-refractivity contribution >= 4 is 34.2 Å². The summed E-state index contributed by atoms with van der Waals surface area (Å²) in [4.78, 5) is 24.8. The number of rotatable bonds is 9. The van der Waals surface area contributed by atoms with Gasteiger partial charge in [-0.2, -0.15) is 5.10 Å². The topological polar surface area (TPSA) is 90.5 Å². The highest BCUT2D eigenvalue weighted by Gasteiger charge is 2.24. The second kappa shape index (κ2) is 11.9. The molecule has 7 nitrogen and oxygen atoms in total. The summed E-state index contributed by atoms with van der Waals surface area (Å²) >= 11 is 6.27. The van der Waals surface area contributed by atoms with Crippen molar-refractivity contribution in [3.8, 4) is 5.75 Å². The van der Waals surface area contributed by atoms with Crippen molar-refractivity contribution in [1.82, 2.24) is 14.7 Å². The number of aromatic nitrogens is 2. The first-order chi connectivity index (χ1) is 17.3. The lowest BCUT2D eigenvalue weighted by atomic mass is 10.1. The number of aryl methyl sites for hydroxylation is 1. The number of likely N-dealkylation sites (tertiary alicyclic amines) is 1. The summed E-state index contributed by atoms with van der Waals surface area (Å²) in [7, 11) is 0. The maximum absolute atomic E-state index is 11.4. The first-order valence-corrected chi connectivity index (χ1v) is 13.2. The summed E-state index contributed by atoms with van der Waals surface area (Å²) < 4.78 is 7.57. The molecule has 1 aliphatic carbocycles. The van der Waals surface area contributed by atoms with Crippen LogP contribution < -0.4 is 10.5 Å². The molecule has 5 rings (SSSR count). The largest absolute Gasteiger partial charge is 0.489 e. The molecule has 0 spiro atoms. The Morgan fingerprint density at radius 2 is 1.89 bits per heavy atom. The monoisotopic (exact) mass is 510 g/mol. The number of fused-ring (bicyclic) bond motifs is 1. The van der Waals surface area contributed by atoms with Crippen molar-refractivity contribution in [3.05, 3.63) is 58.7 Å². The van der Waals surface area contributed by atoms with E-state index in [2.05, 4.69) is 22.1 Å². The van der Waals surface area contributed by atoms with Crippen LogP contribution in [0.15, 0.2) is 42.6 Å². The Bertz CT molecular complexity index is 1210. The number of amides is 1. The molecule has 2 aliphatic rings. The molecule has 1 saturated carbocycles. The van der Waals surface area contributed by atoms with E-state index in [9.17, 15) is 9.59 Å². The zero-order chi connectivity index (χ0) is 25.7. The highest BCUT2D eigenvalue weighted by Crippen LogP contribution is 2.32. The van der Waals surface area contributed by atoms with Gasteiger partial charge in [-0.25, -0.2) is 0 Å². The minimum atomic E-state index is -0.944. The number of hydrogen-bond donors (Lipinski definition) is 1. The SMILES string of the molecule is CC(C)n1cc2cc(C(=O)C(N)=O)ccc2n1.Clc1cc(CCCN2CCCC2)ccc1OC1CC1. The van der Waals surface area contributed by atoms with Crippen LogP contribution >= 0.6 is 11.6 Å². The predicted molar refractivity (Wildman–Crippen MR) is 143 cm³/mol. The molecule has 8 heteroatoms. The number of primary amides is 1. The molecule has 1 saturated heterocycles. The fourth-order valence-electron chi connectivity index (χ4n) is 4.27. The van der Waals surface area contributed by atoms with E-state index in [0.29, 0.717) is 11.7 Å². The van der Waals surface area contributed by atoms with E-state index in [4.69, 9.17) is 22.1 Å². The number of Topliss-reactive ketones (excluding diaryl/α,β-unsaturated/α-hetero) is 1. The van der Waals surface area contributed by atoms with E-state index in [0.717, 1.165) is 28.1 Å². The molecule has 2 heterocycles. The van der Waals surface area contributed by atoms with Crippen molar-refractivity contribution in [1.29, 1.82) is 0 Å². The van der Waals surface area contributed by atoms with E-state index in [-0.39, 0.29) is 6.04 Å². The maximum Gasteiger partial charge on any atom is 0.289 e. The van der Waals surface area contributed by atoms with Crippen LogP contribution in [-0.2, 0) is 11.2 Å². The summed E-state index contributed by atoms with van der Waals surface area (Å²) in [6.45, 7) is 7.82. The minimum absolute atomic E-state index is 0.248. The number of nitrogens with zero attached hydrogens (tertiary/aromatic N) is 3. The van der Waals surface area contributed by atoms with Crippen molar-refractivity contribution in [3.63, 3.8) is 0 Å². The van der Waals surface area contributed by atoms with E-state index in [1.165, 1.54) is 57.3 Å². The molecule has 0 unspecified atom stereocenters. The van der Waals surface area contributed by atoms with Gasteiger partial charge in [-0.15, -0.1) is 0 Å². The Balaban J connectivity index is 0.000000170. The second-order valence-electron chi connectivity index (χ2n) is 9.90. The fraction of sp³-hybridized carbons (Fsp3) is 0.464. The zero-order valence-electron chi connectivity index (χ0n) is 21.1. The summed E-state index contributed by atoms with van der Waals surface area (Å²) in [6.07, 6.45) is 9.69. The molecular weight excluding hydrogens is 476 g/mol. The molecule has 2 N–H and O–H groups in total. The molecule has 0 bridgehead atoms. The van der Waals surface area contributed by atoms with Gasteiger partial charge in [0.1, 0.15) is 5.75 Å². The normalized spacial score (nSPS) is 15.7. The van der Waals surface area contributed by atoms with E-state index >= 15 is 0 Å². The summed E-state index contributed by atoms with van der Waals surface area (Å²) in [5.41, 5.74) is 7.37. The van der Waals surface area contributed by atoms with E-state index in [1.54, 1.807) is 18.2 Å². The van der Waals surface area contributed by atoms with Crippen molar-refractivity contribution in [2.24, 2.45) is 5.73 Å². The van der Waals surface area contributed by atoms with Crippen LogP contribution in [0.5, 0.6) is 5.75 Å². The molecule has 1 aromatic heterocycles. The first kappa shape index (κ1) is 26.2. The summed E-state index contributed by atoms with van der Waals surface area (Å²) in [5.74, 6) is -0.766. The fourth-order valence-corrected chi connectivity index (χ4v) is 4.51. The number of carbonyl (C=O) groups is 2. The lowest BCUT2D eigenvalue weighted by Gasteiger charge is -2.14. The molecule has 0 radical (unpaired) electrons. The van der Waals surface area contributed by atoms with Gasteiger partial charge in [-0.05, 0) is 108 Å². The van der Waals surface area contributed by atoms with Crippen LogP contribution in [0.1, 0.15) is 67.9 Å².